The molecule has 1 aromatic heterocycles. The first-order valence-electron chi connectivity index (χ1n) is 9.66. The number of carbonyl (C=O) groups is 2. The molecule has 0 aliphatic carbocycles. The average molecular weight is 490 g/mol. The van der Waals surface area contributed by atoms with E-state index >= 15 is 0 Å². The predicted octanol–water partition coefficient (Wildman–Crippen LogP) is 4.99. The Hall–Kier alpha value is -2.81. The van der Waals surface area contributed by atoms with E-state index in [4.69, 9.17) is 23.2 Å². The van der Waals surface area contributed by atoms with Crippen LogP contribution in [-0.4, -0.2) is 32.3 Å². The molecule has 0 saturated carbocycles. The second-order valence-electron chi connectivity index (χ2n) is 6.77. The van der Waals surface area contributed by atoms with Gasteiger partial charge in [-0.05, 0) is 37.3 Å². The van der Waals surface area contributed by atoms with Crippen LogP contribution in [0.4, 0.5) is 5.69 Å². The summed E-state index contributed by atoms with van der Waals surface area (Å²) in [5.41, 5.74) is 1.11. The van der Waals surface area contributed by atoms with E-state index in [1.165, 1.54) is 11.8 Å². The van der Waals surface area contributed by atoms with E-state index in [1.54, 1.807) is 48.5 Å². The van der Waals surface area contributed by atoms with Crippen molar-refractivity contribution in [2.24, 2.45) is 0 Å². The van der Waals surface area contributed by atoms with Gasteiger partial charge in [0.05, 0.1) is 21.8 Å². The van der Waals surface area contributed by atoms with Crippen LogP contribution in [0.5, 0.6) is 0 Å². The minimum Gasteiger partial charge on any atom is -0.342 e. The number of anilines is 1. The molecule has 2 aromatic carbocycles. The molecule has 0 saturated heterocycles. The minimum absolute atomic E-state index is 0.111. The molecule has 0 bridgehead atoms. The highest BCUT2D eigenvalue weighted by Crippen LogP contribution is 2.26. The van der Waals surface area contributed by atoms with Crippen molar-refractivity contribution in [1.82, 2.24) is 20.1 Å². The van der Waals surface area contributed by atoms with Gasteiger partial charge in [0.2, 0.25) is 5.91 Å². The van der Waals surface area contributed by atoms with Crippen molar-refractivity contribution in [1.29, 1.82) is 0 Å². The topological polar surface area (TPSA) is 88.9 Å². The predicted molar refractivity (Wildman–Crippen MR) is 128 cm³/mol. The van der Waals surface area contributed by atoms with Gasteiger partial charge in [0.15, 0.2) is 11.0 Å². The molecule has 0 aliphatic rings. The number of aromatic nitrogens is 3. The number of benzene rings is 2. The number of rotatable bonds is 9. The Bertz CT molecular complexity index is 1120. The third-order valence-electron chi connectivity index (χ3n) is 4.36. The van der Waals surface area contributed by atoms with Crippen molar-refractivity contribution in [2.45, 2.75) is 24.7 Å². The highest BCUT2D eigenvalue weighted by Gasteiger charge is 2.20. The molecular weight excluding hydrogens is 469 g/mol. The van der Waals surface area contributed by atoms with Gasteiger partial charge < -0.3 is 15.2 Å². The summed E-state index contributed by atoms with van der Waals surface area (Å²) in [5, 5.41) is 15.4. The summed E-state index contributed by atoms with van der Waals surface area (Å²) in [5.74, 6) is 0.247. The van der Waals surface area contributed by atoms with E-state index < -0.39 is 6.04 Å². The van der Waals surface area contributed by atoms with Gasteiger partial charge in [0.1, 0.15) is 0 Å². The lowest BCUT2D eigenvalue weighted by Gasteiger charge is -2.15. The second-order valence-corrected chi connectivity index (χ2v) is 8.52. The number of halogens is 2. The Labute approximate surface area is 200 Å². The molecule has 32 heavy (non-hydrogen) atoms. The molecule has 2 N–H and O–H groups in total. The molecular formula is C22H21Cl2N5O2S. The van der Waals surface area contributed by atoms with Crippen molar-refractivity contribution in [2.75, 3.05) is 11.1 Å². The molecule has 0 aliphatic heterocycles. The lowest BCUT2D eigenvalue weighted by Crippen LogP contribution is -2.28. The fourth-order valence-corrected chi connectivity index (χ4v) is 3.92. The fraction of sp³-hybridized carbons (Fsp3) is 0.182. The van der Waals surface area contributed by atoms with Crippen LogP contribution < -0.4 is 10.6 Å². The van der Waals surface area contributed by atoms with Gasteiger partial charge in [-0.2, -0.15) is 0 Å². The number of hydrogen-bond donors (Lipinski definition) is 2. The summed E-state index contributed by atoms with van der Waals surface area (Å²) in [4.78, 5) is 24.8. The molecule has 3 aromatic rings. The molecule has 10 heteroatoms. The summed E-state index contributed by atoms with van der Waals surface area (Å²) in [6.45, 7) is 6.04. The van der Waals surface area contributed by atoms with Crippen LogP contribution in [0.2, 0.25) is 10.0 Å². The standard InChI is InChI=1S/C22H21Cl2N5O2S/c1-3-11-29-20(14(2)25-21(31)15-7-5-4-6-8-15)27-28-22(29)32-13-19(30)26-16-9-10-17(23)18(24)12-16/h3-10,12,14H,1,11,13H2,2H3,(H,25,31)(H,26,30)/t14-/m1/s1. The van der Waals surface area contributed by atoms with Crippen LogP contribution in [0.15, 0.2) is 66.3 Å². The van der Waals surface area contributed by atoms with Gasteiger partial charge >= 0.3 is 0 Å². The van der Waals surface area contributed by atoms with Gasteiger partial charge in [-0.1, -0.05) is 59.2 Å². The molecule has 0 spiro atoms. The first kappa shape index (κ1) is 23.8. The van der Waals surface area contributed by atoms with Gasteiger partial charge in [-0.3, -0.25) is 9.59 Å². The summed E-state index contributed by atoms with van der Waals surface area (Å²) in [6.07, 6.45) is 1.71. The summed E-state index contributed by atoms with van der Waals surface area (Å²) >= 11 is 13.1. The molecule has 0 radical (unpaired) electrons. The minimum atomic E-state index is -0.394. The maximum atomic E-state index is 12.5. The van der Waals surface area contributed by atoms with Gasteiger partial charge in [0.25, 0.3) is 5.91 Å². The highest BCUT2D eigenvalue weighted by atomic mass is 35.5. The Morgan fingerprint density at radius 3 is 2.59 bits per heavy atom. The second kappa shape index (κ2) is 11.2. The van der Waals surface area contributed by atoms with Crippen molar-refractivity contribution < 1.29 is 9.59 Å². The first-order valence-corrected chi connectivity index (χ1v) is 11.4. The third kappa shape index (κ3) is 6.12. The lowest BCUT2D eigenvalue weighted by atomic mass is 10.2. The molecule has 1 atom stereocenters. The van der Waals surface area contributed by atoms with Crippen molar-refractivity contribution in [3.63, 3.8) is 0 Å². The van der Waals surface area contributed by atoms with Crippen LogP contribution in [0, 0.1) is 0 Å². The summed E-state index contributed by atoms with van der Waals surface area (Å²) in [6, 6.07) is 13.4. The molecule has 7 nitrogen and oxygen atoms in total. The zero-order chi connectivity index (χ0) is 23.1. The Morgan fingerprint density at radius 2 is 1.91 bits per heavy atom. The molecule has 0 unspecified atom stereocenters. The molecule has 0 fully saturated rings. The SMILES string of the molecule is C=CCn1c(SCC(=O)Nc2ccc(Cl)c(Cl)c2)nnc1[C@@H](C)NC(=O)c1ccccc1. The molecule has 166 valence electrons. The van der Waals surface area contributed by atoms with Gasteiger partial charge in [-0.25, -0.2) is 0 Å². The zero-order valence-electron chi connectivity index (χ0n) is 17.2. The van der Waals surface area contributed by atoms with Gasteiger partial charge in [0, 0.05) is 17.8 Å². The van der Waals surface area contributed by atoms with Crippen LogP contribution in [0.25, 0.3) is 0 Å². The quantitative estimate of drug-likeness (QED) is 0.326. The van der Waals surface area contributed by atoms with Gasteiger partial charge in [-0.15, -0.1) is 16.8 Å². The third-order valence-corrected chi connectivity index (χ3v) is 6.07. The highest BCUT2D eigenvalue weighted by molar-refractivity contribution is 7.99. The Kier molecular flexibility index (Phi) is 8.33. The van der Waals surface area contributed by atoms with E-state index in [1.807, 2.05) is 17.6 Å². The van der Waals surface area contributed by atoms with Crippen molar-refractivity contribution >= 4 is 52.5 Å². The molecule has 2 amide bonds. The Balaban J connectivity index is 1.65. The number of nitrogens with one attached hydrogen (secondary N) is 2. The van der Waals surface area contributed by atoms with Crippen LogP contribution in [0.1, 0.15) is 29.1 Å². The lowest BCUT2D eigenvalue weighted by molar-refractivity contribution is -0.113. The van der Waals surface area contributed by atoms with E-state index in [0.29, 0.717) is 38.8 Å². The van der Waals surface area contributed by atoms with Crippen LogP contribution in [-0.2, 0) is 11.3 Å². The monoisotopic (exact) mass is 489 g/mol. The summed E-state index contributed by atoms with van der Waals surface area (Å²) < 4.78 is 1.82. The maximum absolute atomic E-state index is 12.5. The van der Waals surface area contributed by atoms with E-state index in [9.17, 15) is 9.59 Å². The number of carbonyl (C=O) groups excluding carboxylic acids is 2. The largest absolute Gasteiger partial charge is 0.342 e. The number of amides is 2. The average Bonchev–Trinajstić information content (AvgIpc) is 3.18. The van der Waals surface area contributed by atoms with Crippen LogP contribution >= 0.6 is 35.0 Å². The zero-order valence-corrected chi connectivity index (χ0v) is 19.5. The Morgan fingerprint density at radius 1 is 1.16 bits per heavy atom. The molecule has 1 heterocycles. The van der Waals surface area contributed by atoms with Crippen LogP contribution in [0.3, 0.4) is 0 Å². The fourth-order valence-electron chi connectivity index (χ4n) is 2.86. The molecule has 3 rings (SSSR count). The number of nitrogens with zero attached hydrogens (tertiary/aromatic N) is 3. The normalized spacial score (nSPS) is 11.6. The number of thioether (sulfide) groups is 1. The van der Waals surface area contributed by atoms with E-state index in [0.717, 1.165) is 0 Å². The first-order chi connectivity index (χ1) is 15.4. The van der Waals surface area contributed by atoms with Crippen molar-refractivity contribution in [3.05, 3.63) is 82.6 Å². The smallest absolute Gasteiger partial charge is 0.251 e. The summed E-state index contributed by atoms with van der Waals surface area (Å²) in [7, 11) is 0. The number of hydrogen-bond acceptors (Lipinski definition) is 5. The van der Waals surface area contributed by atoms with Crippen molar-refractivity contribution in [3.8, 4) is 0 Å². The van der Waals surface area contributed by atoms with E-state index in [-0.39, 0.29) is 17.6 Å². The van der Waals surface area contributed by atoms with E-state index in [2.05, 4.69) is 27.4 Å². The number of allylic oxidation sites excluding steroid dienone is 1. The maximum Gasteiger partial charge on any atom is 0.251 e.